The molecule has 1 saturated heterocycles. The molecule has 196 valence electrons. The zero-order chi connectivity index (χ0) is 25.8. The van der Waals surface area contributed by atoms with Crippen LogP contribution >= 0.6 is 0 Å². The van der Waals surface area contributed by atoms with Gasteiger partial charge in [-0.25, -0.2) is 4.79 Å². The van der Waals surface area contributed by atoms with Gasteiger partial charge in [-0.1, -0.05) is 18.9 Å². The summed E-state index contributed by atoms with van der Waals surface area (Å²) in [6.45, 7) is 3.96. The van der Waals surface area contributed by atoms with E-state index in [9.17, 15) is 18.0 Å². The molecule has 2 N–H and O–H groups in total. The number of hydrogen-bond donors (Lipinski definition) is 2. The minimum Gasteiger partial charge on any atom is -0.475 e. The molecule has 4 heterocycles. The van der Waals surface area contributed by atoms with Crippen molar-refractivity contribution < 1.29 is 27.9 Å². The van der Waals surface area contributed by atoms with Gasteiger partial charge in [0.15, 0.2) is 0 Å². The lowest BCUT2D eigenvalue weighted by Crippen LogP contribution is -2.45. The van der Waals surface area contributed by atoms with E-state index in [2.05, 4.69) is 42.1 Å². The van der Waals surface area contributed by atoms with Crippen LogP contribution < -0.4 is 5.32 Å². The van der Waals surface area contributed by atoms with Gasteiger partial charge in [-0.15, -0.1) is 10.2 Å². The van der Waals surface area contributed by atoms with Crippen LogP contribution in [0.1, 0.15) is 67.1 Å². The molecule has 0 bridgehead atoms. The molecule has 0 aromatic carbocycles. The number of carboxylic acid groups (broad SMARTS) is 1. The second-order valence-corrected chi connectivity index (χ2v) is 9.88. The Hall–Kier alpha value is -3.02. The molecule has 36 heavy (non-hydrogen) atoms. The Morgan fingerprint density at radius 2 is 1.81 bits per heavy atom. The SMILES string of the molecule is O=C(NC1CCCC1)c1nnc2n1CC1(CC2)CCN(Cc2ccccn2)CC1.O=C(O)C(F)(F)F. The Kier molecular flexibility index (Phi) is 7.91. The molecule has 12 heteroatoms. The van der Waals surface area contributed by atoms with Gasteiger partial charge >= 0.3 is 12.1 Å². The normalized spacial score (nSPS) is 19.9. The Bertz CT molecular complexity index is 1050. The number of hydrogen-bond acceptors (Lipinski definition) is 6. The van der Waals surface area contributed by atoms with E-state index in [-0.39, 0.29) is 11.3 Å². The van der Waals surface area contributed by atoms with Gasteiger partial charge in [0.1, 0.15) is 5.82 Å². The van der Waals surface area contributed by atoms with Gasteiger partial charge in [0.05, 0.1) is 5.69 Å². The summed E-state index contributed by atoms with van der Waals surface area (Å²) >= 11 is 0. The monoisotopic (exact) mass is 508 g/mol. The number of fused-ring (bicyclic) bond motifs is 1. The lowest BCUT2D eigenvalue weighted by atomic mass is 9.73. The summed E-state index contributed by atoms with van der Waals surface area (Å²) in [4.78, 5) is 28.7. The standard InChI is InChI=1S/C22H30N6O.C2HF3O2/c29-21(24-17-5-1-2-6-17)20-26-25-19-8-9-22(16-28(19)20)10-13-27(14-11-22)15-18-7-3-4-12-23-18;3-2(4,5)1(6)7/h3-4,7,12,17H,1-2,5-6,8-11,13-16H2,(H,24,29);(H,6,7). The summed E-state index contributed by atoms with van der Waals surface area (Å²) in [5.74, 6) is -1.31. The number of amides is 1. The van der Waals surface area contributed by atoms with Gasteiger partial charge in [0.25, 0.3) is 5.91 Å². The molecule has 2 aromatic heterocycles. The van der Waals surface area contributed by atoms with Gasteiger partial charge < -0.3 is 15.0 Å². The van der Waals surface area contributed by atoms with Crippen molar-refractivity contribution in [2.45, 2.75) is 76.7 Å². The number of rotatable bonds is 4. The maximum atomic E-state index is 12.8. The minimum absolute atomic E-state index is 0.0414. The number of nitrogens with one attached hydrogen (secondary N) is 1. The van der Waals surface area contributed by atoms with Crippen LogP contribution in [-0.4, -0.2) is 66.9 Å². The first-order chi connectivity index (χ1) is 17.2. The highest BCUT2D eigenvalue weighted by Crippen LogP contribution is 2.41. The number of aryl methyl sites for hydroxylation is 1. The van der Waals surface area contributed by atoms with E-state index in [4.69, 9.17) is 9.90 Å². The van der Waals surface area contributed by atoms with Gasteiger partial charge in [-0.3, -0.25) is 14.7 Å². The van der Waals surface area contributed by atoms with Crippen molar-refractivity contribution in [3.8, 4) is 0 Å². The van der Waals surface area contributed by atoms with E-state index in [0.29, 0.717) is 11.9 Å². The van der Waals surface area contributed by atoms with Gasteiger partial charge in [0.2, 0.25) is 5.82 Å². The first-order valence-electron chi connectivity index (χ1n) is 12.3. The van der Waals surface area contributed by atoms with Crippen molar-refractivity contribution in [1.82, 2.24) is 30.0 Å². The number of aliphatic carboxylic acids is 1. The summed E-state index contributed by atoms with van der Waals surface area (Å²) in [6, 6.07) is 6.43. The Balaban J connectivity index is 0.000000384. The minimum atomic E-state index is -5.08. The van der Waals surface area contributed by atoms with Crippen LogP contribution in [0.25, 0.3) is 0 Å². The van der Waals surface area contributed by atoms with Gasteiger partial charge in [-0.05, 0) is 62.7 Å². The number of carbonyl (C=O) groups is 2. The molecule has 1 amide bonds. The fourth-order valence-corrected chi connectivity index (χ4v) is 5.28. The number of piperidine rings is 1. The number of nitrogens with zero attached hydrogens (tertiary/aromatic N) is 5. The second kappa shape index (κ2) is 10.9. The van der Waals surface area contributed by atoms with Crippen LogP contribution in [0.3, 0.4) is 0 Å². The van der Waals surface area contributed by atoms with E-state index in [0.717, 1.165) is 76.2 Å². The first kappa shape index (κ1) is 26.1. The molecule has 3 aliphatic rings. The molecule has 1 spiro atoms. The smallest absolute Gasteiger partial charge is 0.475 e. The number of carboxylic acids is 1. The maximum Gasteiger partial charge on any atom is 0.490 e. The summed E-state index contributed by atoms with van der Waals surface area (Å²) in [5.41, 5.74) is 1.40. The zero-order valence-electron chi connectivity index (χ0n) is 20.0. The predicted molar refractivity (Wildman–Crippen MR) is 123 cm³/mol. The Morgan fingerprint density at radius 3 is 2.42 bits per heavy atom. The highest BCUT2D eigenvalue weighted by Gasteiger charge is 2.40. The van der Waals surface area contributed by atoms with Crippen molar-refractivity contribution in [2.75, 3.05) is 13.1 Å². The number of alkyl halides is 3. The second-order valence-electron chi connectivity index (χ2n) is 9.88. The third kappa shape index (κ3) is 6.40. The molecular formula is C24H31F3N6O3. The first-order valence-corrected chi connectivity index (χ1v) is 12.3. The molecule has 2 aliphatic heterocycles. The van der Waals surface area contributed by atoms with E-state index in [1.807, 2.05) is 12.3 Å². The summed E-state index contributed by atoms with van der Waals surface area (Å²) < 4.78 is 33.8. The molecule has 0 radical (unpaired) electrons. The largest absolute Gasteiger partial charge is 0.490 e. The van der Waals surface area contributed by atoms with Crippen molar-refractivity contribution >= 4 is 11.9 Å². The van der Waals surface area contributed by atoms with Crippen LogP contribution in [0.5, 0.6) is 0 Å². The molecule has 1 saturated carbocycles. The van der Waals surface area contributed by atoms with Crippen LogP contribution in [-0.2, 0) is 24.3 Å². The van der Waals surface area contributed by atoms with Crippen molar-refractivity contribution in [2.24, 2.45) is 5.41 Å². The van der Waals surface area contributed by atoms with Crippen molar-refractivity contribution in [3.63, 3.8) is 0 Å². The molecule has 2 fully saturated rings. The van der Waals surface area contributed by atoms with Gasteiger partial charge in [-0.2, -0.15) is 13.2 Å². The van der Waals surface area contributed by atoms with E-state index < -0.39 is 12.1 Å². The Morgan fingerprint density at radius 1 is 1.11 bits per heavy atom. The zero-order valence-corrected chi connectivity index (χ0v) is 20.0. The van der Waals surface area contributed by atoms with Crippen LogP contribution in [0.2, 0.25) is 0 Å². The van der Waals surface area contributed by atoms with Crippen molar-refractivity contribution in [3.05, 3.63) is 41.7 Å². The number of halogens is 3. The maximum absolute atomic E-state index is 12.8. The molecular weight excluding hydrogens is 477 g/mol. The Labute approximate surface area is 207 Å². The lowest BCUT2D eigenvalue weighted by Gasteiger charge is -2.44. The van der Waals surface area contributed by atoms with Crippen LogP contribution in [0, 0.1) is 5.41 Å². The summed E-state index contributed by atoms with van der Waals surface area (Å²) in [5, 5.41) is 18.9. The molecule has 9 nitrogen and oxygen atoms in total. The van der Waals surface area contributed by atoms with E-state index in [1.165, 1.54) is 12.8 Å². The average molecular weight is 509 g/mol. The van der Waals surface area contributed by atoms with Gasteiger partial charge in [0, 0.05) is 31.7 Å². The highest BCUT2D eigenvalue weighted by atomic mass is 19.4. The fraction of sp³-hybridized carbons (Fsp3) is 0.625. The summed E-state index contributed by atoms with van der Waals surface area (Å²) in [6.07, 6.45) is 5.75. The molecule has 1 aliphatic carbocycles. The average Bonchev–Trinajstić information content (AvgIpc) is 3.51. The molecule has 0 atom stereocenters. The quantitative estimate of drug-likeness (QED) is 0.652. The molecule has 2 aromatic rings. The predicted octanol–water partition coefficient (Wildman–Crippen LogP) is 3.21. The van der Waals surface area contributed by atoms with Crippen LogP contribution in [0.4, 0.5) is 13.2 Å². The number of carbonyl (C=O) groups excluding carboxylic acids is 1. The van der Waals surface area contributed by atoms with E-state index in [1.54, 1.807) is 0 Å². The highest BCUT2D eigenvalue weighted by molar-refractivity contribution is 5.91. The summed E-state index contributed by atoms with van der Waals surface area (Å²) in [7, 11) is 0. The van der Waals surface area contributed by atoms with E-state index >= 15 is 0 Å². The number of likely N-dealkylation sites (tertiary alicyclic amines) is 1. The molecule has 0 unspecified atom stereocenters. The number of pyridine rings is 1. The van der Waals surface area contributed by atoms with Crippen LogP contribution in [0.15, 0.2) is 24.4 Å². The third-order valence-electron chi connectivity index (χ3n) is 7.36. The van der Waals surface area contributed by atoms with Crippen molar-refractivity contribution in [1.29, 1.82) is 0 Å². The topological polar surface area (TPSA) is 113 Å². The fourth-order valence-electron chi connectivity index (χ4n) is 5.28. The lowest BCUT2D eigenvalue weighted by molar-refractivity contribution is -0.192. The number of aromatic nitrogens is 4. The molecule has 5 rings (SSSR count). The third-order valence-corrected chi connectivity index (χ3v) is 7.36.